The van der Waals surface area contributed by atoms with Crippen molar-refractivity contribution in [2.45, 2.75) is 69.5 Å². The third-order valence-corrected chi connectivity index (χ3v) is 9.95. The molecular formula is C33H38FN3O6S. The molecule has 5 rings (SSSR count). The van der Waals surface area contributed by atoms with Gasteiger partial charge in [-0.05, 0) is 73.7 Å². The van der Waals surface area contributed by atoms with E-state index in [1.54, 1.807) is 0 Å². The van der Waals surface area contributed by atoms with Gasteiger partial charge >= 0.3 is 0 Å². The molecule has 3 aromatic carbocycles. The maximum absolute atomic E-state index is 14.3. The van der Waals surface area contributed by atoms with Crippen LogP contribution >= 0.6 is 0 Å². The minimum atomic E-state index is -4.35. The Kier molecular flexibility index (Phi) is 9.73. The van der Waals surface area contributed by atoms with Crippen LogP contribution in [0.2, 0.25) is 0 Å². The fourth-order valence-corrected chi connectivity index (χ4v) is 7.14. The smallest absolute Gasteiger partial charge is 0.264 e. The van der Waals surface area contributed by atoms with Crippen molar-refractivity contribution in [2.75, 3.05) is 24.1 Å². The van der Waals surface area contributed by atoms with Crippen LogP contribution in [-0.2, 0) is 26.2 Å². The minimum Gasteiger partial charge on any atom is -0.486 e. The molecule has 0 spiro atoms. The lowest BCUT2D eigenvalue weighted by Gasteiger charge is -2.34. The zero-order valence-electron chi connectivity index (χ0n) is 25.0. The van der Waals surface area contributed by atoms with Crippen LogP contribution in [0, 0.1) is 12.7 Å². The van der Waals surface area contributed by atoms with Gasteiger partial charge < -0.3 is 19.7 Å². The molecule has 1 atom stereocenters. The summed E-state index contributed by atoms with van der Waals surface area (Å²) in [5.41, 5.74) is 1.89. The molecule has 2 aliphatic rings. The topological polar surface area (TPSA) is 105 Å². The molecule has 234 valence electrons. The molecule has 9 nitrogen and oxygen atoms in total. The van der Waals surface area contributed by atoms with Gasteiger partial charge in [-0.25, -0.2) is 12.8 Å². The Morgan fingerprint density at radius 3 is 2.34 bits per heavy atom. The quantitative estimate of drug-likeness (QED) is 0.324. The first-order valence-electron chi connectivity index (χ1n) is 15.0. The maximum atomic E-state index is 14.3. The number of aryl methyl sites for hydroxylation is 1. The number of halogens is 1. The van der Waals surface area contributed by atoms with Crippen LogP contribution in [0.15, 0.2) is 71.6 Å². The van der Waals surface area contributed by atoms with E-state index < -0.39 is 34.3 Å². The van der Waals surface area contributed by atoms with Gasteiger partial charge in [0.2, 0.25) is 11.8 Å². The second kappa shape index (κ2) is 13.7. The van der Waals surface area contributed by atoms with E-state index in [4.69, 9.17) is 9.47 Å². The molecule has 1 saturated carbocycles. The molecule has 11 heteroatoms. The van der Waals surface area contributed by atoms with Crippen LogP contribution in [0.25, 0.3) is 0 Å². The predicted molar refractivity (Wildman–Crippen MR) is 165 cm³/mol. The normalized spacial score (nSPS) is 15.4. The standard InChI is InChI=1S/C33H38FN3O6S/c1-3-29(33(39)35-26-10-6-7-11-26)36(21-24-9-5-4-8-23(24)2)32(38)22-37(27-14-12-25(34)13-15-27)44(40,41)28-16-17-30-31(20-28)43-19-18-42-30/h4-5,8-9,12-17,20,26,29H,3,6-7,10-11,18-19,21-22H2,1-2H3,(H,35,39)/t29-/m1/s1. The van der Waals surface area contributed by atoms with E-state index in [1.807, 2.05) is 38.1 Å². The number of sulfonamides is 1. The molecule has 0 aromatic heterocycles. The Hall–Kier alpha value is -4.12. The average Bonchev–Trinajstić information content (AvgIpc) is 3.54. The molecule has 1 heterocycles. The van der Waals surface area contributed by atoms with Crippen LogP contribution in [0.1, 0.15) is 50.2 Å². The van der Waals surface area contributed by atoms with E-state index in [0.717, 1.165) is 53.2 Å². The van der Waals surface area contributed by atoms with Crippen molar-refractivity contribution in [1.29, 1.82) is 0 Å². The van der Waals surface area contributed by atoms with Gasteiger partial charge in [0.1, 0.15) is 31.6 Å². The molecule has 1 fully saturated rings. The largest absolute Gasteiger partial charge is 0.486 e. The highest BCUT2D eigenvalue weighted by Crippen LogP contribution is 2.34. The van der Waals surface area contributed by atoms with E-state index in [1.165, 1.54) is 35.2 Å². The summed E-state index contributed by atoms with van der Waals surface area (Å²) in [5, 5.41) is 3.11. The molecule has 0 bridgehead atoms. The highest BCUT2D eigenvalue weighted by atomic mass is 32.2. The van der Waals surface area contributed by atoms with Crippen molar-refractivity contribution < 1.29 is 31.9 Å². The Morgan fingerprint density at radius 1 is 0.977 bits per heavy atom. The van der Waals surface area contributed by atoms with Gasteiger partial charge in [0, 0.05) is 18.7 Å². The lowest BCUT2D eigenvalue weighted by molar-refractivity contribution is -0.140. The van der Waals surface area contributed by atoms with Crippen LogP contribution in [0.3, 0.4) is 0 Å². The van der Waals surface area contributed by atoms with Gasteiger partial charge in [-0.2, -0.15) is 0 Å². The molecule has 0 unspecified atom stereocenters. The monoisotopic (exact) mass is 623 g/mol. The Labute approximate surface area is 258 Å². The van der Waals surface area contributed by atoms with Gasteiger partial charge in [0.15, 0.2) is 11.5 Å². The molecule has 2 amide bonds. The molecular weight excluding hydrogens is 585 g/mol. The third-order valence-electron chi connectivity index (χ3n) is 8.18. The number of rotatable bonds is 11. The van der Waals surface area contributed by atoms with Gasteiger partial charge in [-0.3, -0.25) is 13.9 Å². The Balaban J connectivity index is 1.51. The number of ether oxygens (including phenoxy) is 2. The molecule has 0 radical (unpaired) electrons. The zero-order chi connectivity index (χ0) is 31.3. The van der Waals surface area contributed by atoms with Gasteiger partial charge in [-0.1, -0.05) is 44.0 Å². The summed E-state index contributed by atoms with van der Waals surface area (Å²) >= 11 is 0. The predicted octanol–water partition coefficient (Wildman–Crippen LogP) is 4.97. The summed E-state index contributed by atoms with van der Waals surface area (Å²) in [7, 11) is -4.35. The molecule has 1 aliphatic heterocycles. The number of carbonyl (C=O) groups is 2. The number of nitrogens with one attached hydrogen (secondary N) is 1. The van der Waals surface area contributed by atoms with Crippen molar-refractivity contribution in [2.24, 2.45) is 0 Å². The second-order valence-corrected chi connectivity index (χ2v) is 13.0. The van der Waals surface area contributed by atoms with E-state index in [-0.39, 0.29) is 41.4 Å². The second-order valence-electron chi connectivity index (χ2n) is 11.2. The number of hydrogen-bond donors (Lipinski definition) is 1. The molecule has 3 aromatic rings. The van der Waals surface area contributed by atoms with E-state index in [2.05, 4.69) is 5.32 Å². The highest BCUT2D eigenvalue weighted by Gasteiger charge is 2.35. The zero-order valence-corrected chi connectivity index (χ0v) is 25.8. The number of nitrogens with zero attached hydrogens (tertiary/aromatic N) is 2. The summed E-state index contributed by atoms with van der Waals surface area (Å²) in [6.07, 6.45) is 4.19. The molecule has 1 N–H and O–H groups in total. The van der Waals surface area contributed by atoms with Gasteiger partial charge in [0.25, 0.3) is 10.0 Å². The van der Waals surface area contributed by atoms with Crippen molar-refractivity contribution in [3.05, 3.63) is 83.7 Å². The van der Waals surface area contributed by atoms with Crippen LogP contribution < -0.4 is 19.1 Å². The van der Waals surface area contributed by atoms with Crippen LogP contribution in [0.4, 0.5) is 10.1 Å². The maximum Gasteiger partial charge on any atom is 0.264 e. The fraction of sp³-hybridized carbons (Fsp3) is 0.394. The number of hydrogen-bond acceptors (Lipinski definition) is 6. The van der Waals surface area contributed by atoms with E-state index >= 15 is 0 Å². The molecule has 1 aliphatic carbocycles. The van der Waals surface area contributed by atoms with Crippen LogP contribution in [-0.4, -0.2) is 57.0 Å². The number of benzene rings is 3. The number of anilines is 1. The summed E-state index contributed by atoms with van der Waals surface area (Å²) in [5.74, 6) is -0.675. The van der Waals surface area contributed by atoms with Crippen LogP contribution in [0.5, 0.6) is 11.5 Å². The summed E-state index contributed by atoms with van der Waals surface area (Å²) < 4.78 is 54.3. The fourth-order valence-electron chi connectivity index (χ4n) is 5.71. The lowest BCUT2D eigenvalue weighted by Crippen LogP contribution is -2.53. The summed E-state index contributed by atoms with van der Waals surface area (Å²) in [6.45, 7) is 3.88. The van der Waals surface area contributed by atoms with Gasteiger partial charge in [0.05, 0.1) is 10.6 Å². The van der Waals surface area contributed by atoms with Crippen molar-refractivity contribution in [3.8, 4) is 11.5 Å². The highest BCUT2D eigenvalue weighted by molar-refractivity contribution is 7.92. The average molecular weight is 624 g/mol. The van der Waals surface area contributed by atoms with Crippen molar-refractivity contribution in [1.82, 2.24) is 10.2 Å². The first-order chi connectivity index (χ1) is 21.2. The van der Waals surface area contributed by atoms with Gasteiger partial charge in [-0.15, -0.1) is 0 Å². The lowest BCUT2D eigenvalue weighted by atomic mass is 10.1. The number of amides is 2. The third kappa shape index (κ3) is 6.99. The summed E-state index contributed by atoms with van der Waals surface area (Å²) in [6, 6.07) is 16.0. The van der Waals surface area contributed by atoms with Crippen molar-refractivity contribution >= 4 is 27.5 Å². The van der Waals surface area contributed by atoms with E-state index in [9.17, 15) is 22.4 Å². The molecule has 44 heavy (non-hydrogen) atoms. The number of carbonyl (C=O) groups excluding carboxylic acids is 2. The minimum absolute atomic E-state index is 0.0539. The first kappa shape index (κ1) is 31.3. The Morgan fingerprint density at radius 2 is 1.66 bits per heavy atom. The molecule has 0 saturated heterocycles. The number of fused-ring (bicyclic) bond motifs is 1. The first-order valence-corrected chi connectivity index (χ1v) is 16.4. The Bertz CT molecular complexity index is 1590. The van der Waals surface area contributed by atoms with E-state index in [0.29, 0.717) is 18.8 Å². The SMILES string of the molecule is CC[C@H](C(=O)NC1CCCC1)N(Cc1ccccc1C)C(=O)CN(c1ccc(F)cc1)S(=O)(=O)c1ccc2c(c1)OCCO2. The summed E-state index contributed by atoms with van der Waals surface area (Å²) in [4.78, 5) is 29.2. The van der Waals surface area contributed by atoms with Crippen molar-refractivity contribution in [3.63, 3.8) is 0 Å².